The third-order valence-corrected chi connectivity index (χ3v) is 3.38. The van der Waals surface area contributed by atoms with Crippen LogP contribution in [0.15, 0.2) is 0 Å². The maximum atomic E-state index is 12.0. The van der Waals surface area contributed by atoms with Gasteiger partial charge in [0.25, 0.3) is 0 Å². The summed E-state index contributed by atoms with van der Waals surface area (Å²) in [5.41, 5.74) is 0. The van der Waals surface area contributed by atoms with Gasteiger partial charge in [-0.2, -0.15) is 0 Å². The first kappa shape index (κ1) is 15.4. The van der Waals surface area contributed by atoms with Crippen molar-refractivity contribution >= 4 is 5.91 Å². The molecular formula is C13H26N2O3. The van der Waals surface area contributed by atoms with E-state index in [0.717, 1.165) is 13.0 Å². The van der Waals surface area contributed by atoms with Gasteiger partial charge in [-0.15, -0.1) is 0 Å². The molecule has 1 aliphatic heterocycles. The maximum absolute atomic E-state index is 12.0. The number of amides is 1. The monoisotopic (exact) mass is 258 g/mol. The van der Waals surface area contributed by atoms with Gasteiger partial charge in [-0.25, -0.2) is 0 Å². The fourth-order valence-electron chi connectivity index (χ4n) is 2.12. The molecule has 0 aromatic heterocycles. The number of rotatable bonds is 6. The van der Waals surface area contributed by atoms with Crippen LogP contribution in [0, 0.1) is 5.92 Å². The van der Waals surface area contributed by atoms with Gasteiger partial charge in [-0.3, -0.25) is 9.69 Å². The number of carbonyl (C=O) groups is 1. The van der Waals surface area contributed by atoms with E-state index in [1.165, 1.54) is 0 Å². The zero-order valence-corrected chi connectivity index (χ0v) is 11.7. The van der Waals surface area contributed by atoms with E-state index in [1.54, 1.807) is 0 Å². The van der Waals surface area contributed by atoms with Crippen LogP contribution in [0.3, 0.4) is 0 Å². The molecule has 1 aliphatic rings. The van der Waals surface area contributed by atoms with Crippen LogP contribution in [0.4, 0.5) is 0 Å². The van der Waals surface area contributed by atoms with Crippen molar-refractivity contribution < 1.29 is 14.6 Å². The van der Waals surface area contributed by atoms with E-state index in [4.69, 9.17) is 4.74 Å². The van der Waals surface area contributed by atoms with Gasteiger partial charge in [0.1, 0.15) is 0 Å². The third kappa shape index (κ3) is 4.55. The summed E-state index contributed by atoms with van der Waals surface area (Å²) >= 11 is 0. The first-order chi connectivity index (χ1) is 8.56. The topological polar surface area (TPSA) is 61.8 Å². The molecule has 5 heteroatoms. The molecule has 18 heavy (non-hydrogen) atoms. The Morgan fingerprint density at radius 3 is 2.83 bits per heavy atom. The van der Waals surface area contributed by atoms with Gasteiger partial charge in [0, 0.05) is 13.1 Å². The molecule has 0 aliphatic carbocycles. The van der Waals surface area contributed by atoms with Crippen molar-refractivity contribution in [3.63, 3.8) is 0 Å². The largest absolute Gasteiger partial charge is 0.395 e. The lowest BCUT2D eigenvalue weighted by atomic mass is 10.1. The number of morpholine rings is 1. The van der Waals surface area contributed by atoms with Gasteiger partial charge in [-0.05, 0) is 19.3 Å². The molecule has 1 saturated heterocycles. The lowest BCUT2D eigenvalue weighted by Gasteiger charge is -2.37. The molecule has 1 rings (SSSR count). The van der Waals surface area contributed by atoms with Crippen LogP contribution < -0.4 is 5.32 Å². The Morgan fingerprint density at radius 2 is 2.22 bits per heavy atom. The molecule has 0 aromatic rings. The third-order valence-electron chi connectivity index (χ3n) is 3.38. The minimum absolute atomic E-state index is 0.0314. The van der Waals surface area contributed by atoms with E-state index in [2.05, 4.69) is 19.2 Å². The molecule has 0 radical (unpaired) electrons. The molecule has 1 amide bonds. The minimum atomic E-state index is -0.210. The fourth-order valence-corrected chi connectivity index (χ4v) is 2.12. The summed E-state index contributed by atoms with van der Waals surface area (Å²) in [7, 11) is 0. The highest BCUT2D eigenvalue weighted by molar-refractivity contribution is 5.81. The Kier molecular flexibility index (Phi) is 6.60. The molecule has 0 aromatic carbocycles. The van der Waals surface area contributed by atoms with Gasteiger partial charge in [0.2, 0.25) is 5.91 Å². The smallest absolute Gasteiger partial charge is 0.237 e. The van der Waals surface area contributed by atoms with Crippen LogP contribution in [-0.2, 0) is 9.53 Å². The molecule has 106 valence electrons. The van der Waals surface area contributed by atoms with Gasteiger partial charge >= 0.3 is 0 Å². The van der Waals surface area contributed by atoms with Crippen molar-refractivity contribution in [1.82, 2.24) is 10.2 Å². The number of hydrogen-bond donors (Lipinski definition) is 2. The van der Waals surface area contributed by atoms with Crippen LogP contribution >= 0.6 is 0 Å². The molecule has 0 bridgehead atoms. The summed E-state index contributed by atoms with van der Waals surface area (Å²) < 4.78 is 5.31. The predicted molar refractivity (Wildman–Crippen MR) is 70.3 cm³/mol. The molecule has 5 nitrogen and oxygen atoms in total. The normalized spacial score (nSPS) is 23.1. The second-order valence-corrected chi connectivity index (χ2v) is 5.30. The standard InChI is InChI=1S/C13H26N2O3/c1-10(2)4-5-14-13(17)11(3)15-6-7-18-9-12(15)8-16/h10-12,16H,4-9H2,1-3H3,(H,14,17). The van der Waals surface area contributed by atoms with Gasteiger partial charge in [0.05, 0.1) is 31.9 Å². The summed E-state index contributed by atoms with van der Waals surface area (Å²) in [5.74, 6) is 0.630. The van der Waals surface area contributed by atoms with E-state index < -0.39 is 0 Å². The average molecular weight is 258 g/mol. The van der Waals surface area contributed by atoms with Crippen LogP contribution in [0.1, 0.15) is 27.2 Å². The maximum Gasteiger partial charge on any atom is 0.237 e. The first-order valence-corrected chi connectivity index (χ1v) is 6.78. The molecule has 0 spiro atoms. The van der Waals surface area contributed by atoms with Crippen molar-refractivity contribution in [3.05, 3.63) is 0 Å². The minimum Gasteiger partial charge on any atom is -0.395 e. The van der Waals surface area contributed by atoms with E-state index >= 15 is 0 Å². The van der Waals surface area contributed by atoms with E-state index in [1.807, 2.05) is 11.8 Å². The number of ether oxygens (including phenoxy) is 1. The van der Waals surface area contributed by atoms with Crippen LogP contribution in [0.5, 0.6) is 0 Å². The van der Waals surface area contributed by atoms with Crippen molar-refractivity contribution in [1.29, 1.82) is 0 Å². The number of aliphatic hydroxyl groups is 1. The van der Waals surface area contributed by atoms with E-state index in [0.29, 0.717) is 25.7 Å². The molecular weight excluding hydrogens is 232 g/mol. The summed E-state index contributed by atoms with van der Waals surface area (Å²) in [6.45, 7) is 8.74. The fraction of sp³-hybridized carbons (Fsp3) is 0.923. The Morgan fingerprint density at radius 1 is 1.50 bits per heavy atom. The van der Waals surface area contributed by atoms with Gasteiger partial charge < -0.3 is 15.2 Å². The molecule has 0 saturated carbocycles. The van der Waals surface area contributed by atoms with Crippen molar-refractivity contribution in [2.45, 2.75) is 39.3 Å². The van der Waals surface area contributed by atoms with Gasteiger partial charge in [-0.1, -0.05) is 13.8 Å². The number of aliphatic hydroxyl groups excluding tert-OH is 1. The summed E-state index contributed by atoms with van der Waals surface area (Å²) in [4.78, 5) is 14.0. The zero-order valence-electron chi connectivity index (χ0n) is 11.7. The van der Waals surface area contributed by atoms with Crippen LogP contribution in [-0.4, -0.2) is 60.9 Å². The Labute approximate surface area is 109 Å². The molecule has 2 unspecified atom stereocenters. The summed E-state index contributed by atoms with van der Waals surface area (Å²) in [6.07, 6.45) is 0.991. The Bertz CT molecular complexity index is 259. The molecule has 1 heterocycles. The molecule has 2 atom stereocenters. The van der Waals surface area contributed by atoms with Crippen LogP contribution in [0.25, 0.3) is 0 Å². The van der Waals surface area contributed by atoms with Crippen LogP contribution in [0.2, 0.25) is 0 Å². The van der Waals surface area contributed by atoms with E-state index in [9.17, 15) is 9.90 Å². The average Bonchev–Trinajstić information content (AvgIpc) is 2.37. The van der Waals surface area contributed by atoms with Crippen molar-refractivity contribution in [3.8, 4) is 0 Å². The molecule has 2 N–H and O–H groups in total. The SMILES string of the molecule is CC(C)CCNC(=O)C(C)N1CCOCC1CO. The Balaban J connectivity index is 2.41. The predicted octanol–water partition coefficient (Wildman–Crippen LogP) is 0.230. The lowest BCUT2D eigenvalue weighted by Crippen LogP contribution is -2.56. The highest BCUT2D eigenvalue weighted by Gasteiger charge is 2.30. The zero-order chi connectivity index (χ0) is 13.5. The first-order valence-electron chi connectivity index (χ1n) is 6.78. The van der Waals surface area contributed by atoms with Crippen molar-refractivity contribution in [2.24, 2.45) is 5.92 Å². The number of nitrogens with zero attached hydrogens (tertiary/aromatic N) is 1. The quantitative estimate of drug-likeness (QED) is 0.716. The van der Waals surface area contributed by atoms with Crippen molar-refractivity contribution in [2.75, 3.05) is 32.9 Å². The second kappa shape index (κ2) is 7.71. The molecule has 1 fully saturated rings. The number of hydrogen-bond acceptors (Lipinski definition) is 4. The number of carbonyl (C=O) groups excluding carboxylic acids is 1. The highest BCUT2D eigenvalue weighted by Crippen LogP contribution is 2.11. The van der Waals surface area contributed by atoms with E-state index in [-0.39, 0.29) is 24.6 Å². The number of nitrogens with one attached hydrogen (secondary N) is 1. The Hall–Kier alpha value is -0.650. The summed E-state index contributed by atoms with van der Waals surface area (Å²) in [5, 5.41) is 12.2. The lowest BCUT2D eigenvalue weighted by molar-refractivity contribution is -0.130. The van der Waals surface area contributed by atoms with Gasteiger partial charge in [0.15, 0.2) is 0 Å². The summed E-state index contributed by atoms with van der Waals surface area (Å²) in [6, 6.07) is -0.275. The second-order valence-electron chi connectivity index (χ2n) is 5.30. The highest BCUT2D eigenvalue weighted by atomic mass is 16.5.